The second-order valence-electron chi connectivity index (χ2n) is 4.23. The van der Waals surface area contributed by atoms with E-state index in [1.807, 2.05) is 31.2 Å². The molecule has 1 N–H and O–H groups in total. The second kappa shape index (κ2) is 11.3. The summed E-state index contributed by atoms with van der Waals surface area (Å²) in [5, 5.41) is 3.40. The summed E-state index contributed by atoms with van der Waals surface area (Å²) in [4.78, 5) is 0. The molecule has 0 heterocycles. The molecule has 0 saturated heterocycles. The van der Waals surface area contributed by atoms with Crippen molar-refractivity contribution in [3.63, 3.8) is 0 Å². The lowest BCUT2D eigenvalue weighted by atomic mass is 10.2. The SMILES string of the molecule is CCOc1ccccc1OCCNCCCCCI. The third-order valence-corrected chi connectivity index (χ3v) is 3.44. The van der Waals surface area contributed by atoms with Crippen LogP contribution in [0.4, 0.5) is 0 Å². The van der Waals surface area contributed by atoms with Gasteiger partial charge in [0, 0.05) is 6.54 Å². The summed E-state index contributed by atoms with van der Waals surface area (Å²) in [7, 11) is 0. The lowest BCUT2D eigenvalue weighted by Gasteiger charge is -2.11. The predicted molar refractivity (Wildman–Crippen MR) is 88.7 cm³/mol. The van der Waals surface area contributed by atoms with Crippen molar-refractivity contribution in [3.05, 3.63) is 24.3 Å². The lowest BCUT2D eigenvalue weighted by molar-refractivity contribution is 0.276. The highest BCUT2D eigenvalue weighted by Gasteiger charge is 2.02. The molecular weight excluding hydrogens is 353 g/mol. The number of hydrogen-bond donors (Lipinski definition) is 1. The van der Waals surface area contributed by atoms with Gasteiger partial charge in [0.15, 0.2) is 11.5 Å². The average Bonchev–Trinajstić information content (AvgIpc) is 2.44. The van der Waals surface area contributed by atoms with Gasteiger partial charge in [0.25, 0.3) is 0 Å². The van der Waals surface area contributed by atoms with Gasteiger partial charge >= 0.3 is 0 Å². The van der Waals surface area contributed by atoms with Crippen molar-refractivity contribution < 1.29 is 9.47 Å². The van der Waals surface area contributed by atoms with Crippen LogP contribution in [0.3, 0.4) is 0 Å². The number of unbranched alkanes of at least 4 members (excludes halogenated alkanes) is 2. The van der Waals surface area contributed by atoms with Crippen molar-refractivity contribution >= 4 is 22.6 Å². The number of benzene rings is 1. The van der Waals surface area contributed by atoms with Crippen molar-refractivity contribution in [2.75, 3.05) is 30.7 Å². The van der Waals surface area contributed by atoms with Crippen LogP contribution in [-0.2, 0) is 0 Å². The minimum atomic E-state index is 0.662. The summed E-state index contributed by atoms with van der Waals surface area (Å²) >= 11 is 2.43. The molecule has 1 rings (SSSR count). The van der Waals surface area contributed by atoms with Gasteiger partial charge in [0.05, 0.1) is 6.61 Å². The van der Waals surface area contributed by atoms with Gasteiger partial charge in [-0.3, -0.25) is 0 Å². The summed E-state index contributed by atoms with van der Waals surface area (Å²) in [6, 6.07) is 7.82. The number of hydrogen-bond acceptors (Lipinski definition) is 3. The number of nitrogens with one attached hydrogen (secondary N) is 1. The molecule has 1 aromatic carbocycles. The molecule has 0 aromatic heterocycles. The quantitative estimate of drug-likeness (QED) is 0.363. The molecule has 0 saturated carbocycles. The standard InChI is InChI=1S/C15H24INO2/c1-2-18-14-8-4-5-9-15(14)19-13-12-17-11-7-3-6-10-16/h4-5,8-9,17H,2-3,6-7,10-13H2,1H3. The van der Waals surface area contributed by atoms with Crippen LogP contribution in [0.2, 0.25) is 0 Å². The summed E-state index contributed by atoms with van der Waals surface area (Å²) in [6.07, 6.45) is 3.88. The number of rotatable bonds is 11. The van der Waals surface area contributed by atoms with Gasteiger partial charge in [-0.1, -0.05) is 41.1 Å². The van der Waals surface area contributed by atoms with Crippen LogP contribution < -0.4 is 14.8 Å². The molecule has 0 spiro atoms. The van der Waals surface area contributed by atoms with Crippen LogP contribution in [0.25, 0.3) is 0 Å². The molecule has 0 aliphatic heterocycles. The Morgan fingerprint density at radius 3 is 2.42 bits per heavy atom. The Balaban J connectivity index is 2.12. The summed E-state index contributed by atoms with van der Waals surface area (Å²) in [5.41, 5.74) is 0. The topological polar surface area (TPSA) is 30.5 Å². The predicted octanol–water partition coefficient (Wildman–Crippen LogP) is 3.66. The fraction of sp³-hybridized carbons (Fsp3) is 0.600. The molecule has 0 amide bonds. The average molecular weight is 377 g/mol. The van der Waals surface area contributed by atoms with E-state index in [0.717, 1.165) is 24.6 Å². The molecule has 0 bridgehead atoms. The van der Waals surface area contributed by atoms with E-state index in [1.165, 1.54) is 23.7 Å². The number of ether oxygens (including phenoxy) is 2. The Bertz CT molecular complexity index is 334. The maximum absolute atomic E-state index is 5.73. The molecule has 0 aliphatic rings. The number of halogens is 1. The van der Waals surface area contributed by atoms with Gasteiger partial charge in [-0.2, -0.15) is 0 Å². The van der Waals surface area contributed by atoms with Crippen LogP contribution in [0.15, 0.2) is 24.3 Å². The van der Waals surface area contributed by atoms with Crippen molar-refractivity contribution in [2.24, 2.45) is 0 Å². The van der Waals surface area contributed by atoms with E-state index < -0.39 is 0 Å². The van der Waals surface area contributed by atoms with Crippen LogP contribution in [0.5, 0.6) is 11.5 Å². The molecule has 0 fully saturated rings. The molecule has 108 valence electrons. The zero-order chi connectivity index (χ0) is 13.8. The van der Waals surface area contributed by atoms with E-state index in [-0.39, 0.29) is 0 Å². The van der Waals surface area contributed by atoms with Crippen molar-refractivity contribution in [3.8, 4) is 11.5 Å². The zero-order valence-electron chi connectivity index (χ0n) is 11.7. The van der Waals surface area contributed by atoms with E-state index in [9.17, 15) is 0 Å². The molecule has 0 atom stereocenters. The van der Waals surface area contributed by atoms with Crippen LogP contribution in [0.1, 0.15) is 26.2 Å². The Morgan fingerprint density at radius 1 is 1.00 bits per heavy atom. The van der Waals surface area contributed by atoms with Gasteiger partial charge in [-0.05, 0) is 42.9 Å². The molecule has 0 aliphatic carbocycles. The van der Waals surface area contributed by atoms with Gasteiger partial charge in [-0.25, -0.2) is 0 Å². The van der Waals surface area contributed by atoms with Gasteiger partial charge < -0.3 is 14.8 Å². The van der Waals surface area contributed by atoms with Crippen molar-refractivity contribution in [1.29, 1.82) is 0 Å². The van der Waals surface area contributed by atoms with Crippen LogP contribution in [-0.4, -0.2) is 30.7 Å². The first-order valence-electron chi connectivity index (χ1n) is 6.99. The first kappa shape index (κ1) is 16.6. The smallest absolute Gasteiger partial charge is 0.161 e. The maximum Gasteiger partial charge on any atom is 0.161 e. The minimum absolute atomic E-state index is 0.662. The van der Waals surface area contributed by atoms with E-state index >= 15 is 0 Å². The Kier molecular flexibility index (Phi) is 9.89. The minimum Gasteiger partial charge on any atom is -0.490 e. The summed E-state index contributed by atoms with van der Waals surface area (Å²) in [5.74, 6) is 1.66. The third-order valence-electron chi connectivity index (χ3n) is 2.67. The highest BCUT2D eigenvalue weighted by Crippen LogP contribution is 2.25. The van der Waals surface area contributed by atoms with Gasteiger partial charge in [0.1, 0.15) is 6.61 Å². The van der Waals surface area contributed by atoms with Crippen molar-refractivity contribution in [2.45, 2.75) is 26.2 Å². The molecule has 19 heavy (non-hydrogen) atoms. The fourth-order valence-corrected chi connectivity index (χ4v) is 2.26. The van der Waals surface area contributed by atoms with E-state index in [2.05, 4.69) is 27.9 Å². The van der Waals surface area contributed by atoms with E-state index in [1.54, 1.807) is 0 Å². The second-order valence-corrected chi connectivity index (χ2v) is 5.31. The molecular formula is C15H24INO2. The van der Waals surface area contributed by atoms with Crippen LogP contribution in [0, 0.1) is 0 Å². The lowest BCUT2D eigenvalue weighted by Crippen LogP contribution is -2.22. The van der Waals surface area contributed by atoms with Crippen molar-refractivity contribution in [1.82, 2.24) is 5.32 Å². The van der Waals surface area contributed by atoms with E-state index in [0.29, 0.717) is 13.2 Å². The third kappa shape index (κ3) is 7.62. The zero-order valence-corrected chi connectivity index (χ0v) is 13.8. The van der Waals surface area contributed by atoms with E-state index in [4.69, 9.17) is 9.47 Å². The molecule has 1 aromatic rings. The van der Waals surface area contributed by atoms with Gasteiger partial charge in [0.2, 0.25) is 0 Å². The maximum atomic E-state index is 5.73. The highest BCUT2D eigenvalue weighted by molar-refractivity contribution is 14.1. The fourth-order valence-electron chi connectivity index (χ4n) is 1.72. The summed E-state index contributed by atoms with van der Waals surface area (Å²) < 4.78 is 12.5. The monoisotopic (exact) mass is 377 g/mol. The Hall–Kier alpha value is -0.490. The normalized spacial score (nSPS) is 10.4. The van der Waals surface area contributed by atoms with Gasteiger partial charge in [-0.15, -0.1) is 0 Å². The molecule has 4 heteroatoms. The molecule has 0 radical (unpaired) electrons. The Morgan fingerprint density at radius 2 is 1.74 bits per heavy atom. The number of para-hydroxylation sites is 2. The number of alkyl halides is 1. The summed E-state index contributed by atoms with van der Waals surface area (Å²) in [6.45, 7) is 5.28. The first-order chi connectivity index (χ1) is 9.38. The molecule has 0 unspecified atom stereocenters. The highest BCUT2D eigenvalue weighted by atomic mass is 127. The largest absolute Gasteiger partial charge is 0.490 e. The molecule has 3 nitrogen and oxygen atoms in total. The first-order valence-corrected chi connectivity index (χ1v) is 8.52. The van der Waals surface area contributed by atoms with Crippen LogP contribution >= 0.6 is 22.6 Å². The Labute approximate surface area is 130 Å².